The van der Waals surface area contributed by atoms with E-state index in [0.717, 1.165) is 25.0 Å². The fourth-order valence-corrected chi connectivity index (χ4v) is 2.47. The van der Waals surface area contributed by atoms with Gasteiger partial charge in [0.25, 0.3) is 0 Å². The topological polar surface area (TPSA) is 26.3 Å². The maximum atomic E-state index is 12.1. The predicted molar refractivity (Wildman–Crippen MR) is 78.4 cm³/mol. The number of ether oxygens (including phenoxy) is 1. The molecule has 0 amide bonds. The van der Waals surface area contributed by atoms with Crippen LogP contribution in [0, 0.1) is 0 Å². The number of ketones is 1. The lowest BCUT2D eigenvalue weighted by Gasteiger charge is -2.16. The second-order valence-corrected chi connectivity index (χ2v) is 5.57. The van der Waals surface area contributed by atoms with Crippen LogP contribution in [0.5, 0.6) is 0 Å². The average molecular weight is 313 g/mol. The van der Waals surface area contributed by atoms with Gasteiger partial charge in [0, 0.05) is 12.2 Å². The van der Waals surface area contributed by atoms with Gasteiger partial charge in [-0.05, 0) is 19.8 Å². The van der Waals surface area contributed by atoms with E-state index in [-0.39, 0.29) is 16.7 Å². The van der Waals surface area contributed by atoms with Crippen LogP contribution in [0.15, 0.2) is 30.3 Å². The SMILES string of the molecule is CCCCOC(C)CC(Br)C(=O)c1ccccc1. The van der Waals surface area contributed by atoms with E-state index in [2.05, 4.69) is 22.9 Å². The number of carbonyl (C=O) groups is 1. The third kappa shape index (κ3) is 5.32. The molecule has 0 saturated heterocycles. The van der Waals surface area contributed by atoms with Gasteiger partial charge < -0.3 is 4.74 Å². The zero-order chi connectivity index (χ0) is 13.4. The van der Waals surface area contributed by atoms with Crippen molar-refractivity contribution >= 4 is 21.7 Å². The number of carbonyl (C=O) groups excluding carboxylic acids is 1. The third-order valence-corrected chi connectivity index (χ3v) is 3.57. The Labute approximate surface area is 118 Å². The van der Waals surface area contributed by atoms with Crippen LogP contribution in [0.4, 0.5) is 0 Å². The van der Waals surface area contributed by atoms with Crippen LogP contribution in [0.3, 0.4) is 0 Å². The molecule has 18 heavy (non-hydrogen) atoms. The van der Waals surface area contributed by atoms with E-state index < -0.39 is 0 Å². The van der Waals surface area contributed by atoms with Gasteiger partial charge in [0.05, 0.1) is 10.9 Å². The van der Waals surface area contributed by atoms with Crippen molar-refractivity contribution in [1.29, 1.82) is 0 Å². The van der Waals surface area contributed by atoms with Gasteiger partial charge in [-0.1, -0.05) is 59.6 Å². The van der Waals surface area contributed by atoms with Crippen LogP contribution in [0.2, 0.25) is 0 Å². The molecule has 0 aliphatic rings. The van der Waals surface area contributed by atoms with Gasteiger partial charge in [0.2, 0.25) is 0 Å². The summed E-state index contributed by atoms with van der Waals surface area (Å²) in [6, 6.07) is 9.37. The Morgan fingerprint density at radius 1 is 1.33 bits per heavy atom. The molecule has 2 nitrogen and oxygen atoms in total. The average Bonchev–Trinajstić information content (AvgIpc) is 2.39. The van der Waals surface area contributed by atoms with Gasteiger partial charge in [0.1, 0.15) is 0 Å². The summed E-state index contributed by atoms with van der Waals surface area (Å²) >= 11 is 3.46. The maximum Gasteiger partial charge on any atom is 0.176 e. The van der Waals surface area contributed by atoms with Crippen LogP contribution in [0.25, 0.3) is 0 Å². The molecule has 3 heteroatoms. The highest BCUT2D eigenvalue weighted by atomic mass is 79.9. The predicted octanol–water partition coefficient (Wildman–Crippen LogP) is 4.23. The first-order valence-electron chi connectivity index (χ1n) is 6.50. The van der Waals surface area contributed by atoms with Crippen molar-refractivity contribution in [1.82, 2.24) is 0 Å². The van der Waals surface area contributed by atoms with Crippen molar-refractivity contribution in [2.45, 2.75) is 44.0 Å². The number of halogens is 1. The lowest BCUT2D eigenvalue weighted by Crippen LogP contribution is -2.21. The van der Waals surface area contributed by atoms with Gasteiger partial charge in [-0.25, -0.2) is 0 Å². The molecule has 0 heterocycles. The highest BCUT2D eigenvalue weighted by Gasteiger charge is 2.19. The van der Waals surface area contributed by atoms with Crippen LogP contribution in [0.1, 0.15) is 43.5 Å². The van der Waals surface area contributed by atoms with E-state index in [0.29, 0.717) is 6.42 Å². The standard InChI is InChI=1S/C15H21BrO2/c1-3-4-10-18-12(2)11-14(16)15(17)13-8-6-5-7-9-13/h5-9,12,14H,3-4,10-11H2,1-2H3. The Morgan fingerprint density at radius 3 is 2.61 bits per heavy atom. The lowest BCUT2D eigenvalue weighted by atomic mass is 10.0. The van der Waals surface area contributed by atoms with Crippen LogP contribution in [-0.2, 0) is 4.74 Å². The number of Topliss-reactive ketones (excluding diaryl/α,β-unsaturated/α-hetero) is 1. The first-order valence-corrected chi connectivity index (χ1v) is 7.41. The molecule has 1 aromatic rings. The Morgan fingerprint density at radius 2 is 2.00 bits per heavy atom. The summed E-state index contributed by atoms with van der Waals surface area (Å²) in [6.07, 6.45) is 3.02. The molecule has 0 fully saturated rings. The Kier molecular flexibility index (Phi) is 7.21. The molecule has 100 valence electrons. The highest BCUT2D eigenvalue weighted by molar-refractivity contribution is 9.10. The minimum Gasteiger partial charge on any atom is -0.378 e. The fraction of sp³-hybridized carbons (Fsp3) is 0.533. The summed E-state index contributed by atoms with van der Waals surface area (Å²) in [5, 5.41) is 0. The lowest BCUT2D eigenvalue weighted by molar-refractivity contribution is 0.0564. The van der Waals surface area contributed by atoms with Gasteiger partial charge in [-0.2, -0.15) is 0 Å². The van der Waals surface area contributed by atoms with Crippen molar-refractivity contribution in [2.75, 3.05) is 6.61 Å². The molecular weight excluding hydrogens is 292 g/mol. The molecule has 0 radical (unpaired) electrons. The molecule has 0 saturated carbocycles. The van der Waals surface area contributed by atoms with Gasteiger partial charge in [-0.15, -0.1) is 0 Å². The van der Waals surface area contributed by atoms with E-state index in [4.69, 9.17) is 4.74 Å². The molecular formula is C15H21BrO2. The molecule has 1 aromatic carbocycles. The highest BCUT2D eigenvalue weighted by Crippen LogP contribution is 2.17. The smallest absolute Gasteiger partial charge is 0.176 e. The Balaban J connectivity index is 2.40. The summed E-state index contributed by atoms with van der Waals surface area (Å²) in [5.41, 5.74) is 0.750. The summed E-state index contributed by atoms with van der Waals surface area (Å²) < 4.78 is 5.66. The van der Waals surface area contributed by atoms with Crippen LogP contribution >= 0.6 is 15.9 Å². The molecule has 0 spiro atoms. The minimum absolute atomic E-state index is 0.105. The second-order valence-electron chi connectivity index (χ2n) is 4.47. The molecule has 0 bridgehead atoms. The van der Waals surface area contributed by atoms with Crippen molar-refractivity contribution in [3.8, 4) is 0 Å². The number of unbranched alkanes of at least 4 members (excludes halogenated alkanes) is 1. The fourth-order valence-electron chi connectivity index (χ4n) is 1.68. The monoisotopic (exact) mass is 312 g/mol. The van der Waals surface area contributed by atoms with Crippen molar-refractivity contribution in [3.05, 3.63) is 35.9 Å². The summed E-state index contributed by atoms with van der Waals surface area (Å²) in [4.78, 5) is 11.9. The summed E-state index contributed by atoms with van der Waals surface area (Å²) in [5.74, 6) is 0.126. The number of benzene rings is 1. The minimum atomic E-state index is -0.170. The van der Waals surface area contributed by atoms with E-state index in [1.807, 2.05) is 37.3 Å². The molecule has 0 aromatic heterocycles. The zero-order valence-electron chi connectivity index (χ0n) is 11.1. The van der Waals surface area contributed by atoms with Gasteiger partial charge >= 0.3 is 0 Å². The number of hydrogen-bond donors (Lipinski definition) is 0. The van der Waals surface area contributed by atoms with E-state index in [9.17, 15) is 4.79 Å². The largest absolute Gasteiger partial charge is 0.378 e. The van der Waals surface area contributed by atoms with Crippen LogP contribution in [-0.4, -0.2) is 23.3 Å². The van der Waals surface area contributed by atoms with Crippen LogP contribution < -0.4 is 0 Å². The molecule has 1 rings (SSSR count). The van der Waals surface area contributed by atoms with E-state index >= 15 is 0 Å². The van der Waals surface area contributed by atoms with Crippen molar-refractivity contribution < 1.29 is 9.53 Å². The third-order valence-electron chi connectivity index (χ3n) is 2.78. The molecule has 2 unspecified atom stereocenters. The molecule has 0 N–H and O–H groups in total. The quantitative estimate of drug-likeness (QED) is 0.408. The summed E-state index contributed by atoms with van der Waals surface area (Å²) in [7, 11) is 0. The molecule has 0 aliphatic heterocycles. The van der Waals surface area contributed by atoms with Gasteiger partial charge in [0.15, 0.2) is 5.78 Å². The first-order chi connectivity index (χ1) is 8.65. The van der Waals surface area contributed by atoms with Crippen molar-refractivity contribution in [3.63, 3.8) is 0 Å². The summed E-state index contributed by atoms with van der Waals surface area (Å²) in [6.45, 7) is 4.93. The second kappa shape index (κ2) is 8.44. The number of hydrogen-bond acceptors (Lipinski definition) is 2. The first kappa shape index (κ1) is 15.4. The van der Waals surface area contributed by atoms with E-state index in [1.54, 1.807) is 0 Å². The van der Waals surface area contributed by atoms with Crippen molar-refractivity contribution in [2.24, 2.45) is 0 Å². The molecule has 0 aliphatic carbocycles. The maximum absolute atomic E-state index is 12.1. The number of alkyl halides is 1. The van der Waals surface area contributed by atoms with E-state index in [1.165, 1.54) is 0 Å². The van der Waals surface area contributed by atoms with Gasteiger partial charge in [-0.3, -0.25) is 4.79 Å². The normalized spacial score (nSPS) is 14.2. The Bertz CT molecular complexity index is 351. The molecule has 2 atom stereocenters. The number of rotatable bonds is 8. The zero-order valence-corrected chi connectivity index (χ0v) is 12.7. The Hall–Kier alpha value is -0.670.